The fourth-order valence-corrected chi connectivity index (χ4v) is 21.6. The standard InChI is InChI=1S/C56H93N3/c1-56(2)50-19-9-6-16-44(50)47-34-42(24-25-51(47)56)58-52-20-10-7-17-45(52)48-32-37(22-26-54(48)58)38-23-27-55-49(33-38)46-18-8-11-21-53(46)59(55)43-30-40(36-13-4-3-5-14-36)29-41(31-43)39-15-12-28-57-35-39/h36-55,57H,3-35H2,1-2H3. The predicted molar refractivity (Wildman–Crippen MR) is 245 cm³/mol. The number of likely N-dealkylation sites (tertiary alicyclic amines) is 2. The molecular weight excluding hydrogens is 715 g/mol. The molecular formula is C56H93N3. The van der Waals surface area contributed by atoms with E-state index in [-0.39, 0.29) is 0 Å². The van der Waals surface area contributed by atoms with Crippen LogP contribution in [0.4, 0.5) is 0 Å². The molecule has 59 heavy (non-hydrogen) atoms. The summed E-state index contributed by atoms with van der Waals surface area (Å²) in [7, 11) is 0. The predicted octanol–water partition coefficient (Wildman–Crippen LogP) is 13.3. The van der Waals surface area contributed by atoms with E-state index >= 15 is 0 Å². The number of hydrogen-bond acceptors (Lipinski definition) is 3. The molecule has 9 aliphatic carbocycles. The van der Waals surface area contributed by atoms with Crippen molar-refractivity contribution in [1.82, 2.24) is 15.1 Å². The normalized spacial score (nSPS) is 53.1. The van der Waals surface area contributed by atoms with E-state index in [9.17, 15) is 0 Å². The molecule has 3 heteroatoms. The molecule has 0 spiro atoms. The molecule has 0 aromatic heterocycles. The summed E-state index contributed by atoms with van der Waals surface area (Å²) in [5.74, 6) is 14.5. The molecule has 19 atom stereocenters. The number of fused-ring (bicyclic) bond motifs is 9. The van der Waals surface area contributed by atoms with Gasteiger partial charge in [-0.05, 0) is 230 Å². The van der Waals surface area contributed by atoms with Gasteiger partial charge in [-0.2, -0.15) is 0 Å². The van der Waals surface area contributed by atoms with Gasteiger partial charge in [-0.3, -0.25) is 9.80 Å². The van der Waals surface area contributed by atoms with Gasteiger partial charge in [-0.1, -0.05) is 84.5 Å². The van der Waals surface area contributed by atoms with E-state index in [4.69, 9.17) is 0 Å². The van der Waals surface area contributed by atoms with Crippen LogP contribution in [0.25, 0.3) is 0 Å². The first kappa shape index (κ1) is 40.4. The third-order valence-electron chi connectivity index (χ3n) is 23.7. The van der Waals surface area contributed by atoms with Crippen molar-refractivity contribution in [1.29, 1.82) is 0 Å². The van der Waals surface area contributed by atoms with Crippen molar-refractivity contribution in [2.24, 2.45) is 88.3 Å². The van der Waals surface area contributed by atoms with Crippen LogP contribution >= 0.6 is 0 Å². The molecule has 3 heterocycles. The molecule has 12 rings (SSSR count). The van der Waals surface area contributed by atoms with Crippen LogP contribution in [-0.4, -0.2) is 59.1 Å². The number of rotatable bonds is 5. The Bertz CT molecular complexity index is 1400. The first-order chi connectivity index (χ1) is 29.0. The van der Waals surface area contributed by atoms with Gasteiger partial charge in [0.05, 0.1) is 0 Å². The maximum atomic E-state index is 3.89. The Morgan fingerprint density at radius 3 is 1.54 bits per heavy atom. The fourth-order valence-electron chi connectivity index (χ4n) is 21.6. The van der Waals surface area contributed by atoms with Gasteiger partial charge in [0.1, 0.15) is 0 Å². The highest BCUT2D eigenvalue weighted by atomic mass is 15.3. The summed E-state index contributed by atoms with van der Waals surface area (Å²) < 4.78 is 0. The van der Waals surface area contributed by atoms with Gasteiger partial charge in [0, 0.05) is 36.3 Å². The van der Waals surface area contributed by atoms with Crippen LogP contribution in [0.3, 0.4) is 0 Å². The first-order valence-electron chi connectivity index (χ1n) is 28.3. The molecule has 12 aliphatic rings. The number of hydrogen-bond donors (Lipinski definition) is 1. The van der Waals surface area contributed by atoms with Crippen molar-refractivity contribution < 1.29 is 0 Å². The summed E-state index contributed by atoms with van der Waals surface area (Å²) in [6.45, 7) is 8.07. The van der Waals surface area contributed by atoms with Crippen molar-refractivity contribution in [2.75, 3.05) is 13.1 Å². The second-order valence-electron chi connectivity index (χ2n) is 26.0. The SMILES string of the molecule is CC1(C)C2CCCCC2C2CC(N3C4CCCCC4C4CC(C5CCC6C(C5)C5CCCCC5N6C5CC(C6CCCCC6)CC(C6CCCNC6)C5)CCC43)CCC21. The van der Waals surface area contributed by atoms with E-state index in [2.05, 4.69) is 29.0 Å². The molecule has 3 saturated heterocycles. The second-order valence-corrected chi connectivity index (χ2v) is 26.0. The average molecular weight is 808 g/mol. The summed E-state index contributed by atoms with van der Waals surface area (Å²) in [6, 6.07) is 5.65. The van der Waals surface area contributed by atoms with Gasteiger partial charge < -0.3 is 5.32 Å². The van der Waals surface area contributed by atoms with E-state index in [1.165, 1.54) is 70.9 Å². The van der Waals surface area contributed by atoms with Crippen molar-refractivity contribution >= 4 is 0 Å². The van der Waals surface area contributed by atoms with E-state index in [1.807, 2.05) is 0 Å². The van der Waals surface area contributed by atoms with Gasteiger partial charge >= 0.3 is 0 Å². The Balaban J connectivity index is 0.751. The Labute approximate surface area is 364 Å². The van der Waals surface area contributed by atoms with Gasteiger partial charge in [0.2, 0.25) is 0 Å². The van der Waals surface area contributed by atoms with Crippen LogP contribution in [0.5, 0.6) is 0 Å². The van der Waals surface area contributed by atoms with E-state index < -0.39 is 0 Å². The quantitative estimate of drug-likeness (QED) is 0.298. The smallest absolute Gasteiger partial charge is 0.0133 e. The third-order valence-corrected chi connectivity index (χ3v) is 23.7. The minimum Gasteiger partial charge on any atom is -0.316 e. The lowest BCUT2D eigenvalue weighted by Gasteiger charge is -2.50. The van der Waals surface area contributed by atoms with Crippen LogP contribution in [0.15, 0.2) is 0 Å². The van der Waals surface area contributed by atoms with Crippen molar-refractivity contribution in [3.63, 3.8) is 0 Å². The number of piperidine rings is 1. The van der Waals surface area contributed by atoms with Crippen LogP contribution in [-0.2, 0) is 0 Å². The summed E-state index contributed by atoms with van der Waals surface area (Å²) in [5, 5.41) is 3.89. The summed E-state index contributed by atoms with van der Waals surface area (Å²) in [6.07, 6.45) is 48.4. The largest absolute Gasteiger partial charge is 0.316 e. The first-order valence-corrected chi connectivity index (χ1v) is 28.3. The van der Waals surface area contributed by atoms with Gasteiger partial charge in [0.15, 0.2) is 0 Å². The number of nitrogens with zero attached hydrogens (tertiary/aromatic N) is 2. The fraction of sp³-hybridized carbons (Fsp3) is 1.00. The van der Waals surface area contributed by atoms with Crippen molar-refractivity contribution in [2.45, 2.75) is 249 Å². The van der Waals surface area contributed by atoms with Crippen molar-refractivity contribution in [3.8, 4) is 0 Å². The molecule has 19 unspecified atom stereocenters. The zero-order valence-electron chi connectivity index (χ0n) is 38.8. The Hall–Kier alpha value is -0.120. The molecule has 1 N–H and O–H groups in total. The Morgan fingerprint density at radius 2 is 0.881 bits per heavy atom. The highest BCUT2D eigenvalue weighted by molar-refractivity contribution is 5.13. The second kappa shape index (κ2) is 16.7. The molecule has 12 fully saturated rings. The zero-order chi connectivity index (χ0) is 39.2. The minimum absolute atomic E-state index is 0.607. The van der Waals surface area contributed by atoms with E-state index in [0.29, 0.717) is 5.41 Å². The number of nitrogens with one attached hydrogen (secondary N) is 1. The zero-order valence-corrected chi connectivity index (χ0v) is 38.8. The van der Waals surface area contributed by atoms with Crippen LogP contribution in [0.2, 0.25) is 0 Å². The molecule has 332 valence electrons. The maximum absolute atomic E-state index is 3.89. The van der Waals surface area contributed by atoms with Gasteiger partial charge in [0.25, 0.3) is 0 Å². The Morgan fingerprint density at radius 1 is 0.339 bits per heavy atom. The minimum atomic E-state index is 0.607. The molecule has 0 aromatic carbocycles. The lowest BCUT2D eigenvalue weighted by molar-refractivity contribution is -0.00550. The molecule has 0 aromatic rings. The van der Waals surface area contributed by atoms with Crippen LogP contribution in [0, 0.1) is 88.3 Å². The highest BCUT2D eigenvalue weighted by Gasteiger charge is 2.61. The summed E-state index contributed by atoms with van der Waals surface area (Å²) in [5.41, 5.74) is 0.607. The molecule has 0 radical (unpaired) electrons. The van der Waals surface area contributed by atoms with Gasteiger partial charge in [-0.25, -0.2) is 0 Å². The molecule has 3 aliphatic heterocycles. The van der Waals surface area contributed by atoms with Crippen molar-refractivity contribution in [3.05, 3.63) is 0 Å². The molecule has 9 saturated carbocycles. The van der Waals surface area contributed by atoms with E-state index in [1.54, 1.807) is 141 Å². The third kappa shape index (κ3) is 7.07. The lowest BCUT2D eigenvalue weighted by atomic mass is 9.62. The summed E-state index contributed by atoms with van der Waals surface area (Å²) >= 11 is 0. The molecule has 0 bridgehead atoms. The lowest BCUT2D eigenvalue weighted by Crippen LogP contribution is -2.52. The van der Waals surface area contributed by atoms with Crippen LogP contribution in [0.1, 0.15) is 213 Å². The Kier molecular flexibility index (Phi) is 11.4. The topological polar surface area (TPSA) is 18.5 Å². The van der Waals surface area contributed by atoms with Crippen LogP contribution < -0.4 is 5.32 Å². The maximum Gasteiger partial charge on any atom is 0.0133 e. The van der Waals surface area contributed by atoms with Gasteiger partial charge in [-0.15, -0.1) is 0 Å². The highest BCUT2D eigenvalue weighted by Crippen LogP contribution is 2.65. The molecule has 3 nitrogen and oxygen atoms in total. The average Bonchev–Trinajstić information content (AvgIpc) is 3.89. The monoisotopic (exact) mass is 808 g/mol. The van der Waals surface area contributed by atoms with E-state index in [0.717, 1.165) is 119 Å². The molecule has 0 amide bonds. The summed E-state index contributed by atoms with van der Waals surface area (Å²) in [4.78, 5) is 6.82.